The largest absolute Gasteiger partial charge is 0.484 e. The lowest BCUT2D eigenvalue weighted by Gasteiger charge is -2.16. The molecular weight excluding hydrogens is 378 g/mol. The van der Waals surface area contributed by atoms with E-state index in [0.29, 0.717) is 10.7 Å². The zero-order chi connectivity index (χ0) is 16.2. The van der Waals surface area contributed by atoms with E-state index in [2.05, 4.69) is 33.4 Å². The third kappa shape index (κ3) is 4.27. The van der Waals surface area contributed by atoms with E-state index in [4.69, 9.17) is 16.3 Å². The fraction of sp³-hybridized carbons (Fsp3) is 0.278. The molecule has 2 aromatic carbocycles. The number of halogens is 2. The number of carbonyl (C=O) groups excluding carboxylic acids is 1. The lowest BCUT2D eigenvalue weighted by molar-refractivity contribution is -0.118. The molecule has 0 atom stereocenters. The Kier molecular flexibility index (Phi) is 5.23. The molecule has 0 heterocycles. The second-order valence-electron chi connectivity index (χ2n) is 5.60. The molecule has 5 heteroatoms. The van der Waals surface area contributed by atoms with Gasteiger partial charge in [-0.3, -0.25) is 4.79 Å². The molecule has 1 aliphatic rings. The first kappa shape index (κ1) is 16.3. The zero-order valence-electron chi connectivity index (χ0n) is 12.6. The van der Waals surface area contributed by atoms with Gasteiger partial charge < -0.3 is 10.1 Å². The Labute approximate surface area is 149 Å². The van der Waals surface area contributed by atoms with Gasteiger partial charge in [-0.2, -0.15) is 0 Å². The fourth-order valence-electron chi connectivity index (χ4n) is 2.72. The van der Waals surface area contributed by atoms with Crippen molar-refractivity contribution < 1.29 is 9.53 Å². The van der Waals surface area contributed by atoms with Crippen molar-refractivity contribution in [1.82, 2.24) is 0 Å². The molecule has 1 amide bonds. The lowest BCUT2D eigenvalue weighted by Crippen LogP contribution is -2.20. The Morgan fingerprint density at radius 1 is 1.13 bits per heavy atom. The topological polar surface area (TPSA) is 38.3 Å². The molecule has 0 saturated heterocycles. The number of ether oxygens (including phenoxy) is 1. The number of benzene rings is 2. The first-order valence-corrected chi connectivity index (χ1v) is 8.78. The first-order chi connectivity index (χ1) is 11.1. The predicted molar refractivity (Wildman–Crippen MR) is 96.4 cm³/mol. The van der Waals surface area contributed by atoms with Gasteiger partial charge in [-0.15, -0.1) is 0 Å². The Morgan fingerprint density at radius 3 is 2.70 bits per heavy atom. The van der Waals surface area contributed by atoms with Gasteiger partial charge in [0.2, 0.25) is 0 Å². The molecule has 0 radical (unpaired) electrons. The van der Waals surface area contributed by atoms with Gasteiger partial charge in [-0.1, -0.05) is 17.7 Å². The van der Waals surface area contributed by atoms with Gasteiger partial charge in [0.25, 0.3) is 5.91 Å². The predicted octanol–water partition coefficient (Wildman–Crippen LogP) is 5.00. The fourth-order valence-corrected chi connectivity index (χ4v) is 3.15. The van der Waals surface area contributed by atoms with Gasteiger partial charge in [-0.25, -0.2) is 0 Å². The number of hydrogen-bond donors (Lipinski definition) is 1. The molecular formula is C18H17BrClNO2. The van der Waals surface area contributed by atoms with Gasteiger partial charge in [0.05, 0.1) is 5.02 Å². The number of fused-ring (bicyclic) bond motifs is 1. The second-order valence-corrected chi connectivity index (χ2v) is 6.86. The van der Waals surface area contributed by atoms with E-state index in [9.17, 15) is 4.79 Å². The van der Waals surface area contributed by atoms with Crippen LogP contribution in [-0.4, -0.2) is 12.5 Å². The van der Waals surface area contributed by atoms with Crippen LogP contribution in [0.15, 0.2) is 40.9 Å². The average molecular weight is 395 g/mol. The summed E-state index contributed by atoms with van der Waals surface area (Å²) in [6.07, 6.45) is 4.71. The zero-order valence-corrected chi connectivity index (χ0v) is 14.9. The van der Waals surface area contributed by atoms with Crippen molar-refractivity contribution in [2.24, 2.45) is 0 Å². The minimum Gasteiger partial charge on any atom is -0.484 e. The van der Waals surface area contributed by atoms with Gasteiger partial charge >= 0.3 is 0 Å². The smallest absolute Gasteiger partial charge is 0.262 e. The van der Waals surface area contributed by atoms with Crippen LogP contribution in [-0.2, 0) is 17.6 Å². The maximum Gasteiger partial charge on any atom is 0.262 e. The summed E-state index contributed by atoms with van der Waals surface area (Å²) in [4.78, 5) is 12.0. The molecule has 0 saturated carbocycles. The number of nitrogens with one attached hydrogen (secondary N) is 1. The van der Waals surface area contributed by atoms with Crippen molar-refractivity contribution >= 4 is 39.1 Å². The number of hydrogen-bond acceptors (Lipinski definition) is 2. The monoisotopic (exact) mass is 393 g/mol. The van der Waals surface area contributed by atoms with Crippen LogP contribution in [0.2, 0.25) is 5.02 Å². The summed E-state index contributed by atoms with van der Waals surface area (Å²) in [5.41, 5.74) is 3.39. The first-order valence-electron chi connectivity index (χ1n) is 7.61. The molecule has 0 aromatic heterocycles. The summed E-state index contributed by atoms with van der Waals surface area (Å²) >= 11 is 9.33. The van der Waals surface area contributed by atoms with Crippen LogP contribution in [0.4, 0.5) is 5.69 Å². The van der Waals surface area contributed by atoms with Crippen LogP contribution in [0.3, 0.4) is 0 Å². The van der Waals surface area contributed by atoms with Crippen LogP contribution in [0.1, 0.15) is 24.0 Å². The minimum atomic E-state index is -0.207. The molecule has 0 unspecified atom stereocenters. The van der Waals surface area contributed by atoms with Crippen molar-refractivity contribution in [3.05, 3.63) is 57.0 Å². The van der Waals surface area contributed by atoms with Crippen molar-refractivity contribution in [2.75, 3.05) is 11.9 Å². The standard InChI is InChI=1S/C18H17BrClNO2/c19-16-8-6-14(10-17(16)20)21-18(22)11-23-15-7-5-12-3-1-2-4-13(12)9-15/h5-10H,1-4,11H2,(H,21,22). The van der Waals surface area contributed by atoms with Crippen LogP contribution in [0.5, 0.6) is 5.75 Å². The summed E-state index contributed by atoms with van der Waals surface area (Å²) < 4.78 is 6.40. The van der Waals surface area contributed by atoms with E-state index >= 15 is 0 Å². The van der Waals surface area contributed by atoms with E-state index in [1.807, 2.05) is 6.07 Å². The van der Waals surface area contributed by atoms with Crippen LogP contribution >= 0.6 is 27.5 Å². The number of rotatable bonds is 4. The van der Waals surface area contributed by atoms with Crippen molar-refractivity contribution in [1.29, 1.82) is 0 Å². The molecule has 23 heavy (non-hydrogen) atoms. The van der Waals surface area contributed by atoms with Crippen molar-refractivity contribution in [3.63, 3.8) is 0 Å². The van der Waals surface area contributed by atoms with Crippen molar-refractivity contribution in [2.45, 2.75) is 25.7 Å². The van der Waals surface area contributed by atoms with Gasteiger partial charge in [0, 0.05) is 10.2 Å². The quantitative estimate of drug-likeness (QED) is 0.792. The van der Waals surface area contributed by atoms with Gasteiger partial charge in [-0.05, 0) is 83.1 Å². The maximum absolute atomic E-state index is 12.0. The molecule has 3 rings (SSSR count). The van der Waals surface area contributed by atoms with Gasteiger partial charge in [0.15, 0.2) is 6.61 Å². The highest BCUT2D eigenvalue weighted by molar-refractivity contribution is 9.10. The van der Waals surface area contributed by atoms with E-state index in [1.54, 1.807) is 18.2 Å². The Hall–Kier alpha value is -1.52. The van der Waals surface area contributed by atoms with Crippen LogP contribution in [0.25, 0.3) is 0 Å². The molecule has 1 aliphatic carbocycles. The molecule has 0 fully saturated rings. The van der Waals surface area contributed by atoms with E-state index in [-0.39, 0.29) is 12.5 Å². The average Bonchev–Trinajstić information content (AvgIpc) is 2.56. The maximum atomic E-state index is 12.0. The molecule has 0 spiro atoms. The van der Waals surface area contributed by atoms with E-state index in [1.165, 1.54) is 24.0 Å². The van der Waals surface area contributed by atoms with Gasteiger partial charge in [0.1, 0.15) is 5.75 Å². The minimum absolute atomic E-state index is 0.0214. The highest BCUT2D eigenvalue weighted by Crippen LogP contribution is 2.26. The molecule has 3 nitrogen and oxygen atoms in total. The SMILES string of the molecule is O=C(COc1ccc2c(c1)CCCC2)Nc1ccc(Br)c(Cl)c1. The Bertz CT molecular complexity index is 733. The Morgan fingerprint density at radius 2 is 1.91 bits per heavy atom. The highest BCUT2D eigenvalue weighted by atomic mass is 79.9. The normalized spacial score (nSPS) is 13.3. The van der Waals surface area contributed by atoms with E-state index in [0.717, 1.165) is 23.1 Å². The summed E-state index contributed by atoms with van der Waals surface area (Å²) in [5.74, 6) is 0.538. The van der Waals surface area contributed by atoms with Crippen LogP contribution in [0, 0.1) is 0 Å². The summed E-state index contributed by atoms with van der Waals surface area (Å²) in [7, 11) is 0. The van der Waals surface area contributed by atoms with E-state index < -0.39 is 0 Å². The molecule has 0 aliphatic heterocycles. The lowest BCUT2D eigenvalue weighted by atomic mass is 9.92. The number of aryl methyl sites for hydroxylation is 2. The third-order valence-electron chi connectivity index (χ3n) is 3.89. The number of carbonyl (C=O) groups is 1. The number of amides is 1. The molecule has 1 N–H and O–H groups in total. The molecule has 2 aromatic rings. The summed E-state index contributed by atoms with van der Waals surface area (Å²) in [6, 6.07) is 11.4. The van der Waals surface area contributed by atoms with Crippen molar-refractivity contribution in [3.8, 4) is 5.75 Å². The highest BCUT2D eigenvalue weighted by Gasteiger charge is 2.11. The summed E-state index contributed by atoms with van der Waals surface area (Å²) in [6.45, 7) is -0.0214. The Balaban J connectivity index is 1.57. The van der Waals surface area contributed by atoms with Crippen LogP contribution < -0.4 is 10.1 Å². The third-order valence-corrected chi connectivity index (χ3v) is 5.13. The molecule has 0 bridgehead atoms. The second kappa shape index (κ2) is 7.37. The summed E-state index contributed by atoms with van der Waals surface area (Å²) in [5, 5.41) is 3.33. The number of anilines is 1. The molecule has 120 valence electrons.